The van der Waals surface area contributed by atoms with Crippen LogP contribution in [0.15, 0.2) is 24.4 Å². The molecule has 0 fully saturated rings. The van der Waals surface area contributed by atoms with Gasteiger partial charge in [-0.2, -0.15) is 0 Å². The van der Waals surface area contributed by atoms with Crippen molar-refractivity contribution >= 4 is 16.9 Å². The van der Waals surface area contributed by atoms with Gasteiger partial charge in [0.1, 0.15) is 0 Å². The fraction of sp³-hybridized carbons (Fsp3) is 0.182. The summed E-state index contributed by atoms with van der Waals surface area (Å²) < 4.78 is 4.97. The van der Waals surface area contributed by atoms with Gasteiger partial charge in [0.25, 0.3) is 5.91 Å². The number of ether oxygens (including phenoxy) is 1. The number of nitrogens with one attached hydrogen (secondary N) is 1. The van der Waals surface area contributed by atoms with Crippen LogP contribution in [0.1, 0.15) is 10.4 Å². The SMILES string of the molecule is CNC(=O)c1ccc2nc(OC)cnc2c1. The zero-order chi connectivity index (χ0) is 11.5. The number of hydrogen-bond donors (Lipinski definition) is 1. The maximum Gasteiger partial charge on any atom is 0.251 e. The predicted molar refractivity (Wildman–Crippen MR) is 59.5 cm³/mol. The molecule has 16 heavy (non-hydrogen) atoms. The molecule has 0 unspecified atom stereocenters. The summed E-state index contributed by atoms with van der Waals surface area (Å²) in [6.07, 6.45) is 1.52. The van der Waals surface area contributed by atoms with Crippen LogP contribution in [0.25, 0.3) is 11.0 Å². The molecule has 0 atom stereocenters. The average molecular weight is 217 g/mol. The first-order valence-electron chi connectivity index (χ1n) is 4.77. The molecular formula is C11H11N3O2. The maximum absolute atomic E-state index is 11.4. The van der Waals surface area contributed by atoms with Gasteiger partial charge in [-0.05, 0) is 18.2 Å². The quantitative estimate of drug-likeness (QED) is 0.815. The Bertz CT molecular complexity index is 540. The van der Waals surface area contributed by atoms with Crippen molar-refractivity contribution in [2.45, 2.75) is 0 Å². The predicted octanol–water partition coefficient (Wildman–Crippen LogP) is 0.998. The lowest BCUT2D eigenvalue weighted by Crippen LogP contribution is -2.17. The summed E-state index contributed by atoms with van der Waals surface area (Å²) in [5.74, 6) is 0.319. The minimum atomic E-state index is -0.139. The Hall–Kier alpha value is -2.17. The molecule has 1 heterocycles. The van der Waals surface area contributed by atoms with Gasteiger partial charge < -0.3 is 10.1 Å². The van der Waals surface area contributed by atoms with Gasteiger partial charge in [-0.15, -0.1) is 0 Å². The van der Waals surface area contributed by atoms with E-state index in [-0.39, 0.29) is 5.91 Å². The van der Waals surface area contributed by atoms with Crippen molar-refractivity contribution in [2.24, 2.45) is 0 Å². The second kappa shape index (κ2) is 4.14. The lowest BCUT2D eigenvalue weighted by Gasteiger charge is -2.03. The highest BCUT2D eigenvalue weighted by Crippen LogP contribution is 2.15. The summed E-state index contributed by atoms with van der Waals surface area (Å²) >= 11 is 0. The highest BCUT2D eigenvalue weighted by atomic mass is 16.5. The Morgan fingerprint density at radius 2 is 2.19 bits per heavy atom. The Labute approximate surface area is 92.5 Å². The van der Waals surface area contributed by atoms with E-state index in [9.17, 15) is 4.79 Å². The molecule has 0 bridgehead atoms. The molecule has 0 aliphatic carbocycles. The van der Waals surface area contributed by atoms with Crippen LogP contribution in [0.2, 0.25) is 0 Å². The number of amides is 1. The number of fused-ring (bicyclic) bond motifs is 1. The molecule has 1 N–H and O–H groups in total. The zero-order valence-electron chi connectivity index (χ0n) is 9.02. The molecule has 82 valence electrons. The van der Waals surface area contributed by atoms with Crippen LogP contribution in [0.5, 0.6) is 5.88 Å². The number of aromatic nitrogens is 2. The van der Waals surface area contributed by atoms with Gasteiger partial charge in [-0.25, -0.2) is 9.97 Å². The second-order valence-electron chi connectivity index (χ2n) is 3.19. The van der Waals surface area contributed by atoms with Gasteiger partial charge in [0.15, 0.2) is 0 Å². The summed E-state index contributed by atoms with van der Waals surface area (Å²) in [5.41, 5.74) is 1.93. The summed E-state index contributed by atoms with van der Waals surface area (Å²) in [7, 11) is 3.13. The van der Waals surface area contributed by atoms with E-state index in [2.05, 4.69) is 15.3 Å². The van der Waals surface area contributed by atoms with Crippen LogP contribution < -0.4 is 10.1 Å². The number of carbonyl (C=O) groups is 1. The Balaban J connectivity index is 2.51. The van der Waals surface area contributed by atoms with Gasteiger partial charge in [0, 0.05) is 12.6 Å². The van der Waals surface area contributed by atoms with Crippen molar-refractivity contribution in [3.63, 3.8) is 0 Å². The molecule has 0 aliphatic rings. The van der Waals surface area contributed by atoms with Crippen molar-refractivity contribution in [2.75, 3.05) is 14.2 Å². The minimum absolute atomic E-state index is 0.139. The highest BCUT2D eigenvalue weighted by molar-refractivity contribution is 5.97. The lowest BCUT2D eigenvalue weighted by molar-refractivity contribution is 0.0963. The Morgan fingerprint density at radius 1 is 1.38 bits per heavy atom. The Kier molecular flexibility index (Phi) is 2.68. The van der Waals surface area contributed by atoms with Crippen molar-refractivity contribution < 1.29 is 9.53 Å². The van der Waals surface area contributed by atoms with Crippen molar-refractivity contribution in [3.8, 4) is 5.88 Å². The molecule has 1 amide bonds. The van der Waals surface area contributed by atoms with Crippen LogP contribution in [-0.2, 0) is 0 Å². The van der Waals surface area contributed by atoms with Gasteiger partial charge >= 0.3 is 0 Å². The van der Waals surface area contributed by atoms with E-state index in [4.69, 9.17) is 4.74 Å². The molecule has 0 aliphatic heterocycles. The van der Waals surface area contributed by atoms with E-state index >= 15 is 0 Å². The third-order valence-electron chi connectivity index (χ3n) is 2.22. The minimum Gasteiger partial charge on any atom is -0.480 e. The number of nitrogens with zero attached hydrogens (tertiary/aromatic N) is 2. The van der Waals surface area contributed by atoms with Gasteiger partial charge in [0.2, 0.25) is 5.88 Å². The molecule has 2 rings (SSSR count). The molecule has 0 radical (unpaired) electrons. The standard InChI is InChI=1S/C11H11N3O2/c1-12-11(15)7-3-4-8-9(5-7)13-6-10(14-8)16-2/h3-6H,1-2H3,(H,12,15). The molecule has 5 heteroatoms. The zero-order valence-corrected chi connectivity index (χ0v) is 9.02. The number of rotatable bonds is 2. The number of benzene rings is 1. The topological polar surface area (TPSA) is 64.1 Å². The van der Waals surface area contributed by atoms with E-state index < -0.39 is 0 Å². The van der Waals surface area contributed by atoms with E-state index in [1.54, 1.807) is 25.2 Å². The molecule has 1 aromatic heterocycles. The number of methoxy groups -OCH3 is 1. The first kappa shape index (κ1) is 10.4. The smallest absolute Gasteiger partial charge is 0.251 e. The molecule has 0 saturated heterocycles. The van der Waals surface area contributed by atoms with Crippen molar-refractivity contribution in [3.05, 3.63) is 30.0 Å². The lowest BCUT2D eigenvalue weighted by atomic mass is 10.2. The van der Waals surface area contributed by atoms with Gasteiger partial charge in [0.05, 0.1) is 24.3 Å². The van der Waals surface area contributed by atoms with Crippen LogP contribution >= 0.6 is 0 Å². The summed E-state index contributed by atoms with van der Waals surface area (Å²) in [6, 6.07) is 5.14. The van der Waals surface area contributed by atoms with E-state index in [0.717, 1.165) is 0 Å². The Morgan fingerprint density at radius 3 is 2.88 bits per heavy atom. The summed E-state index contributed by atoms with van der Waals surface area (Å²) in [5, 5.41) is 2.56. The molecular weight excluding hydrogens is 206 g/mol. The molecule has 2 aromatic rings. The highest BCUT2D eigenvalue weighted by Gasteiger charge is 2.05. The first-order valence-corrected chi connectivity index (χ1v) is 4.77. The van der Waals surface area contributed by atoms with Crippen molar-refractivity contribution in [1.29, 1.82) is 0 Å². The third kappa shape index (κ3) is 1.79. The van der Waals surface area contributed by atoms with Crippen LogP contribution in [0.3, 0.4) is 0 Å². The van der Waals surface area contributed by atoms with Crippen LogP contribution in [0.4, 0.5) is 0 Å². The van der Waals surface area contributed by atoms with E-state index in [1.807, 2.05) is 0 Å². The van der Waals surface area contributed by atoms with E-state index in [1.165, 1.54) is 13.3 Å². The number of carbonyl (C=O) groups excluding carboxylic acids is 1. The van der Waals surface area contributed by atoms with Crippen LogP contribution in [0, 0.1) is 0 Å². The van der Waals surface area contributed by atoms with Crippen molar-refractivity contribution in [1.82, 2.24) is 15.3 Å². The molecule has 0 saturated carbocycles. The third-order valence-corrected chi connectivity index (χ3v) is 2.22. The van der Waals surface area contributed by atoms with E-state index in [0.29, 0.717) is 22.5 Å². The van der Waals surface area contributed by atoms with Crippen LogP contribution in [-0.4, -0.2) is 30.0 Å². The van der Waals surface area contributed by atoms with Gasteiger partial charge in [-0.1, -0.05) is 0 Å². The normalized spacial score (nSPS) is 10.1. The largest absolute Gasteiger partial charge is 0.480 e. The summed E-state index contributed by atoms with van der Waals surface area (Å²) in [4.78, 5) is 19.8. The fourth-order valence-corrected chi connectivity index (χ4v) is 1.38. The number of hydrogen-bond acceptors (Lipinski definition) is 4. The fourth-order valence-electron chi connectivity index (χ4n) is 1.38. The second-order valence-corrected chi connectivity index (χ2v) is 3.19. The molecule has 5 nitrogen and oxygen atoms in total. The average Bonchev–Trinajstić information content (AvgIpc) is 2.36. The first-order chi connectivity index (χ1) is 7.74. The monoisotopic (exact) mass is 217 g/mol. The molecule has 1 aromatic carbocycles. The molecule has 0 spiro atoms. The summed E-state index contributed by atoms with van der Waals surface area (Å²) in [6.45, 7) is 0. The maximum atomic E-state index is 11.4. The van der Waals surface area contributed by atoms with Gasteiger partial charge in [-0.3, -0.25) is 4.79 Å².